The highest BCUT2D eigenvalue weighted by molar-refractivity contribution is 7.81. The highest BCUT2D eigenvalue weighted by Gasteiger charge is 2.67. The number of aliphatic hydroxyl groups is 9. The van der Waals surface area contributed by atoms with Gasteiger partial charge in [0.15, 0.2) is 31.5 Å². The molecule has 89 heavy (non-hydrogen) atoms. The summed E-state index contributed by atoms with van der Waals surface area (Å²) in [4.78, 5) is 13.0. The second-order valence-corrected chi connectivity index (χ2v) is 29.5. The van der Waals surface area contributed by atoms with Crippen molar-refractivity contribution in [1.82, 2.24) is 0 Å². The molecule has 5 heterocycles. The van der Waals surface area contributed by atoms with Crippen LogP contribution in [0.3, 0.4) is 0 Å². The van der Waals surface area contributed by atoms with E-state index in [-0.39, 0.29) is 39.8 Å². The lowest BCUT2D eigenvalue weighted by atomic mass is 9.41. The average molecular weight is 1350 g/mol. The molecule has 8 fully saturated rings. The maximum Gasteiger partial charge on any atom is 0.397 e. The summed E-state index contributed by atoms with van der Waals surface area (Å²) >= 11 is 0. The molecule has 9 rings (SSSR count). The monoisotopic (exact) mass is 1350 g/mol. The third kappa shape index (κ3) is 14.2. The molecule has 0 aromatic rings. The number of carbonyl (C=O) groups excluding carboxylic acids is 1. The predicted octanol–water partition coefficient (Wildman–Crippen LogP) is -2.90. The number of ether oxygens (including phenoxy) is 11. The Morgan fingerprint density at radius 1 is 0.562 bits per heavy atom. The van der Waals surface area contributed by atoms with Crippen LogP contribution in [0.25, 0.3) is 0 Å². The highest BCUT2D eigenvalue weighted by Crippen LogP contribution is 2.72. The molecule has 0 bridgehead atoms. The summed E-state index contributed by atoms with van der Waals surface area (Å²) in [7, 11) is -14.8. The van der Waals surface area contributed by atoms with E-state index in [1.54, 1.807) is 6.92 Å². The molecule has 4 aliphatic carbocycles. The standard InChI is InChI=1S/C53H86O33S3/c1-21(54)23-11-15-53(7)25-9-10-30-50(3,4)31(13-14-51(30,5)24(25)12-16-52(23,53)6)81-48-43(35(59)29(18-75-48)86-89(70,71)72)85-49-44(84-45-36(60)32(56)26(55)17-74-45)37(61)40(22(2)78-49)82-47-39(63)42(34(58)28(80-47)20-77-88(67,68)69)83-46-38(62)41(73-8)33(57)27(79-46)19-76-87(64,65)66/h12,22-23,25-49,55-63H,9-11,13-20H2,1-8H3,(H,64,65,66)(H,67,68,69)(H,70,71,72)/t22?,23?,25?,26-,27?,28?,29-,30?,31?,32?,33-,34-,35?,36?,37?,38?,39?,40-,41?,42?,43?,44?,45+,46+,47+,48+,49+,51-,52-,53?/m1/s1. The van der Waals surface area contributed by atoms with E-state index in [0.29, 0.717) is 12.8 Å². The summed E-state index contributed by atoms with van der Waals surface area (Å²) in [5.74, 6) is 0.409. The predicted molar refractivity (Wildman–Crippen MR) is 291 cm³/mol. The van der Waals surface area contributed by atoms with Crippen LogP contribution in [0.1, 0.15) is 93.4 Å². The summed E-state index contributed by atoms with van der Waals surface area (Å²) in [6.07, 6.45) is -38.3. The largest absolute Gasteiger partial charge is 0.397 e. The first kappa shape index (κ1) is 71.5. The molecule has 3 saturated carbocycles. The number of rotatable bonds is 20. The average Bonchev–Trinajstić information content (AvgIpc) is 1.72. The lowest BCUT2D eigenvalue weighted by Gasteiger charge is -2.64. The second-order valence-electron chi connectivity index (χ2n) is 26.3. The minimum atomic E-state index is -5.31. The van der Waals surface area contributed by atoms with Crippen molar-refractivity contribution in [3.8, 4) is 0 Å². The number of allylic oxidation sites excluding steroid dienone is 2. The van der Waals surface area contributed by atoms with E-state index in [4.69, 9.17) is 56.3 Å². The molecule has 0 aromatic heterocycles. The van der Waals surface area contributed by atoms with Crippen LogP contribution in [0.4, 0.5) is 0 Å². The van der Waals surface area contributed by atoms with E-state index in [0.717, 1.165) is 39.2 Å². The van der Waals surface area contributed by atoms with Gasteiger partial charge in [-0.2, -0.15) is 25.3 Å². The minimum absolute atomic E-state index is 0.0143. The van der Waals surface area contributed by atoms with Gasteiger partial charge in [-0.05, 0) is 92.3 Å². The topological polar surface area (TPSA) is 491 Å². The molecule has 30 atom stereocenters. The molecular weight excluding hydrogens is 1260 g/mol. The molecule has 18 unspecified atom stereocenters. The fraction of sp³-hybridized carbons (Fsp3) is 0.943. The first-order valence-electron chi connectivity index (χ1n) is 29.5. The molecule has 33 nitrogen and oxygen atoms in total. The van der Waals surface area contributed by atoms with Crippen molar-refractivity contribution in [1.29, 1.82) is 0 Å². The first-order valence-corrected chi connectivity index (χ1v) is 33.6. The Balaban J connectivity index is 0.994. The molecule has 0 aromatic carbocycles. The second kappa shape index (κ2) is 26.7. The maximum atomic E-state index is 13.0. The Labute approximate surface area is 514 Å². The number of hydrogen-bond donors (Lipinski definition) is 12. The highest BCUT2D eigenvalue weighted by atomic mass is 32.3. The summed E-state index contributed by atoms with van der Waals surface area (Å²) in [6, 6.07) is 0. The van der Waals surface area contributed by atoms with E-state index in [1.807, 2.05) is 0 Å². The van der Waals surface area contributed by atoms with Crippen molar-refractivity contribution in [3.05, 3.63) is 11.6 Å². The van der Waals surface area contributed by atoms with Crippen LogP contribution in [0.15, 0.2) is 11.6 Å². The molecule has 12 N–H and O–H groups in total. The summed E-state index contributed by atoms with van der Waals surface area (Å²) in [6.45, 7) is 10.2. The van der Waals surface area contributed by atoms with Gasteiger partial charge in [0.1, 0.15) is 110 Å². The Morgan fingerprint density at radius 2 is 1.11 bits per heavy atom. The number of ketones is 1. The van der Waals surface area contributed by atoms with Crippen LogP contribution < -0.4 is 0 Å². The van der Waals surface area contributed by atoms with Gasteiger partial charge in [-0.25, -0.2) is 12.5 Å². The molecule has 9 aliphatic rings. The van der Waals surface area contributed by atoms with Gasteiger partial charge >= 0.3 is 31.2 Å². The van der Waals surface area contributed by atoms with Crippen molar-refractivity contribution in [3.63, 3.8) is 0 Å². The number of carbonyl (C=O) groups is 1. The Hall–Kier alpha value is -1.78. The van der Waals surface area contributed by atoms with Gasteiger partial charge in [-0.1, -0.05) is 46.3 Å². The molecule has 5 aliphatic heterocycles. The molecule has 36 heteroatoms. The van der Waals surface area contributed by atoms with Crippen molar-refractivity contribution in [2.45, 2.75) is 241 Å². The number of hydrogen-bond acceptors (Lipinski definition) is 30. The Kier molecular flexibility index (Phi) is 21.4. The zero-order chi connectivity index (χ0) is 65.6. The normalized spacial score (nSPS) is 48.8. The maximum absolute atomic E-state index is 13.0. The van der Waals surface area contributed by atoms with Crippen molar-refractivity contribution in [2.24, 2.45) is 39.4 Å². The van der Waals surface area contributed by atoms with Crippen LogP contribution in [-0.4, -0.2) is 272 Å². The third-order valence-corrected chi connectivity index (χ3v) is 22.2. The van der Waals surface area contributed by atoms with Gasteiger partial charge in [0, 0.05) is 13.0 Å². The molecule has 5 saturated heterocycles. The number of fused-ring (bicyclic) bond motifs is 5. The third-order valence-electron chi connectivity index (χ3n) is 20.9. The number of Topliss-reactive ketones (excluding diaryl/α,β-unsaturated/α-hetero) is 1. The van der Waals surface area contributed by atoms with Crippen LogP contribution in [0.5, 0.6) is 0 Å². The van der Waals surface area contributed by atoms with E-state index in [2.05, 4.69) is 49.1 Å². The summed E-state index contributed by atoms with van der Waals surface area (Å²) < 4.78 is 179. The number of aliphatic hydroxyl groups excluding tert-OH is 9. The van der Waals surface area contributed by atoms with Crippen LogP contribution in [0.2, 0.25) is 0 Å². The lowest BCUT2D eigenvalue weighted by molar-refractivity contribution is -0.403. The molecule has 0 amide bonds. The van der Waals surface area contributed by atoms with Crippen molar-refractivity contribution in [2.75, 3.05) is 33.5 Å². The van der Waals surface area contributed by atoms with Crippen molar-refractivity contribution < 1.29 is 154 Å². The van der Waals surface area contributed by atoms with Gasteiger partial charge in [0.25, 0.3) is 0 Å². The zero-order valence-corrected chi connectivity index (χ0v) is 52.6. The Morgan fingerprint density at radius 3 is 1.70 bits per heavy atom. The molecular formula is C53H86O33S3. The fourth-order valence-corrected chi connectivity index (χ4v) is 17.1. The summed E-state index contributed by atoms with van der Waals surface area (Å²) in [5, 5.41) is 102. The quantitative estimate of drug-likeness (QED) is 0.0331. The lowest BCUT2D eigenvalue weighted by Crippen LogP contribution is -2.68. The fourth-order valence-electron chi connectivity index (χ4n) is 16.0. The van der Waals surface area contributed by atoms with Crippen LogP contribution >= 0.6 is 0 Å². The van der Waals surface area contributed by atoms with Crippen LogP contribution in [0, 0.1) is 39.4 Å². The summed E-state index contributed by atoms with van der Waals surface area (Å²) in [5.41, 5.74) is 0.0995. The molecule has 514 valence electrons. The van der Waals surface area contributed by atoms with E-state index in [9.17, 15) is 89.7 Å². The number of methoxy groups -OCH3 is 1. The van der Waals surface area contributed by atoms with Crippen LogP contribution in [-0.2, 0) is 101 Å². The zero-order valence-electron chi connectivity index (χ0n) is 50.1. The van der Waals surface area contributed by atoms with Crippen molar-refractivity contribution >= 4 is 37.0 Å². The van der Waals surface area contributed by atoms with Gasteiger partial charge in [0.2, 0.25) is 0 Å². The SMILES string of the molecule is COC1C(O)[C@H](OC2C(O)[C@H](O[C@@H]3C(C)O[C@@H](OC4C(O)[C@H](OS(=O)(=O)O)CO[C@H]4OC4CC[C@]5(C)C6=CC[C@]7(C)C(C(C)=O)CCC7(C)C6CCC5C4(C)C)C(O[C@@H]4OC[C@@H](O)C(O)C4O)C3O)OC(COS(=O)(=O)O)[C@H]2O)OC(COS(=O)(=O)O)[C@H]1O. The minimum Gasteiger partial charge on any atom is -0.388 e. The van der Waals surface area contributed by atoms with E-state index < -0.39 is 210 Å². The van der Waals surface area contributed by atoms with E-state index >= 15 is 0 Å². The molecule has 0 radical (unpaired) electrons. The first-order chi connectivity index (χ1) is 41.2. The van der Waals surface area contributed by atoms with Gasteiger partial charge in [-0.3, -0.25) is 18.5 Å². The van der Waals surface area contributed by atoms with Gasteiger partial charge in [-0.15, -0.1) is 0 Å². The van der Waals surface area contributed by atoms with Gasteiger partial charge in [0.05, 0.1) is 38.6 Å². The van der Waals surface area contributed by atoms with Gasteiger partial charge < -0.3 is 98.1 Å². The smallest absolute Gasteiger partial charge is 0.388 e. The molecule has 0 spiro atoms. The van der Waals surface area contributed by atoms with E-state index in [1.165, 1.54) is 12.5 Å². The Bertz CT molecular complexity index is 2870.